The molecule has 2 aliphatic rings. The van der Waals surface area contributed by atoms with Gasteiger partial charge in [-0.25, -0.2) is 9.62 Å². The Morgan fingerprint density at radius 3 is 2.52 bits per heavy atom. The maximum Gasteiger partial charge on any atom is 0.272 e. The molecule has 1 fully saturated rings. The lowest BCUT2D eigenvalue weighted by atomic mass is 10.00. The molecular formula is C32H32N6O4. The number of anilines is 1. The Hall–Kier alpha value is -4.86. The number of carbonyl (C=O) groups is 3. The fourth-order valence-electron chi connectivity index (χ4n) is 5.72. The maximum absolute atomic E-state index is 14.2. The third kappa shape index (κ3) is 5.79. The highest BCUT2D eigenvalue weighted by molar-refractivity contribution is 6.20. The van der Waals surface area contributed by atoms with Crippen LogP contribution in [0.4, 0.5) is 5.69 Å². The summed E-state index contributed by atoms with van der Waals surface area (Å²) in [6.45, 7) is 1.83. The van der Waals surface area contributed by atoms with Crippen LogP contribution in [-0.4, -0.2) is 46.0 Å². The number of fused-ring (bicyclic) bond motifs is 2. The normalized spacial score (nSPS) is 17.8. The monoisotopic (exact) mass is 564 g/mol. The molecule has 6 rings (SSSR count). The molecule has 0 bridgehead atoms. The van der Waals surface area contributed by atoms with Crippen LogP contribution in [0.5, 0.6) is 0 Å². The number of aromatic nitrogens is 2. The predicted octanol–water partition coefficient (Wildman–Crippen LogP) is 4.13. The molecule has 10 nitrogen and oxygen atoms in total. The van der Waals surface area contributed by atoms with Crippen molar-refractivity contribution in [2.45, 2.75) is 57.8 Å². The zero-order valence-corrected chi connectivity index (χ0v) is 23.3. The zero-order valence-electron chi connectivity index (χ0n) is 23.3. The second-order valence-corrected chi connectivity index (χ2v) is 10.9. The first kappa shape index (κ1) is 27.3. The van der Waals surface area contributed by atoms with E-state index in [1.54, 1.807) is 17.9 Å². The van der Waals surface area contributed by atoms with Crippen LogP contribution in [0.2, 0.25) is 0 Å². The molecule has 3 amide bonds. The van der Waals surface area contributed by atoms with Gasteiger partial charge in [0.1, 0.15) is 17.1 Å². The minimum Gasteiger partial charge on any atom is -0.345 e. The van der Waals surface area contributed by atoms with E-state index >= 15 is 0 Å². The number of hydrogen-bond donors (Lipinski definition) is 2. The first-order valence-corrected chi connectivity index (χ1v) is 14.3. The Balaban J connectivity index is 1.31. The number of para-hydroxylation sites is 1. The number of benzodiazepines with no additional fused rings is 1. The van der Waals surface area contributed by atoms with Crippen molar-refractivity contribution in [3.05, 3.63) is 89.5 Å². The summed E-state index contributed by atoms with van der Waals surface area (Å²) in [5, 5.41) is 13.4. The Morgan fingerprint density at radius 1 is 0.976 bits per heavy atom. The number of carbonyl (C=O) groups excluding carboxylic acids is 3. The van der Waals surface area contributed by atoms with Gasteiger partial charge in [0.05, 0.1) is 17.9 Å². The minimum atomic E-state index is -1.22. The second kappa shape index (κ2) is 11.9. The molecule has 2 atom stereocenters. The van der Waals surface area contributed by atoms with Gasteiger partial charge < -0.3 is 15.5 Å². The topological polar surface area (TPSA) is 130 Å². The summed E-state index contributed by atoms with van der Waals surface area (Å²) in [5.74, 6) is -0.673. The van der Waals surface area contributed by atoms with Crippen molar-refractivity contribution < 1.29 is 19.0 Å². The molecule has 42 heavy (non-hydrogen) atoms. The van der Waals surface area contributed by atoms with Gasteiger partial charge in [0.15, 0.2) is 0 Å². The first-order valence-electron chi connectivity index (χ1n) is 14.3. The molecule has 3 aromatic carbocycles. The van der Waals surface area contributed by atoms with Gasteiger partial charge in [-0.1, -0.05) is 67.4 Å². The number of nitrogens with zero attached hydrogens (tertiary/aromatic N) is 4. The SMILES string of the molecule is C[C@H](NC(=O)CC1CCCC1)C(=O)NC1N=C(c2ccccc2)c2ccccc2N(Cc2ccc3nonc3c2)C1=O. The van der Waals surface area contributed by atoms with Gasteiger partial charge in [-0.15, -0.1) is 0 Å². The summed E-state index contributed by atoms with van der Waals surface area (Å²) in [6.07, 6.45) is 3.55. The Kier molecular flexibility index (Phi) is 7.76. The van der Waals surface area contributed by atoms with Crippen LogP contribution in [-0.2, 0) is 20.9 Å². The van der Waals surface area contributed by atoms with E-state index in [0.717, 1.165) is 42.4 Å². The van der Waals surface area contributed by atoms with E-state index < -0.39 is 24.0 Å². The van der Waals surface area contributed by atoms with E-state index in [1.807, 2.05) is 66.7 Å². The van der Waals surface area contributed by atoms with E-state index in [9.17, 15) is 14.4 Å². The fourth-order valence-corrected chi connectivity index (χ4v) is 5.72. The van der Waals surface area contributed by atoms with Gasteiger partial charge in [-0.2, -0.15) is 0 Å². The van der Waals surface area contributed by atoms with Crippen LogP contribution in [0.15, 0.2) is 82.4 Å². The first-order chi connectivity index (χ1) is 20.5. The summed E-state index contributed by atoms with van der Waals surface area (Å²) in [7, 11) is 0. The molecule has 1 unspecified atom stereocenters. The number of rotatable bonds is 8. The molecule has 2 N–H and O–H groups in total. The summed E-state index contributed by atoms with van der Waals surface area (Å²) < 4.78 is 4.84. The highest BCUT2D eigenvalue weighted by Gasteiger charge is 2.34. The number of benzene rings is 3. The van der Waals surface area contributed by atoms with Crippen LogP contribution in [0.25, 0.3) is 11.0 Å². The summed E-state index contributed by atoms with van der Waals surface area (Å²) in [6, 6.07) is 21.8. The van der Waals surface area contributed by atoms with Crippen LogP contribution >= 0.6 is 0 Å². The highest BCUT2D eigenvalue weighted by Crippen LogP contribution is 2.30. The smallest absolute Gasteiger partial charge is 0.272 e. The zero-order chi connectivity index (χ0) is 29.1. The molecule has 2 heterocycles. The lowest BCUT2D eigenvalue weighted by molar-refractivity contribution is -0.131. The average Bonchev–Trinajstić information content (AvgIpc) is 3.68. The quantitative estimate of drug-likeness (QED) is 0.331. The molecule has 0 spiro atoms. The van der Waals surface area contributed by atoms with Crippen LogP contribution in [0.3, 0.4) is 0 Å². The molecule has 0 saturated heterocycles. The third-order valence-corrected chi connectivity index (χ3v) is 7.91. The number of amides is 3. The van der Waals surface area contributed by atoms with Crippen molar-refractivity contribution in [3.8, 4) is 0 Å². The predicted molar refractivity (Wildman–Crippen MR) is 158 cm³/mol. The molecule has 1 aromatic heterocycles. The molecule has 10 heteroatoms. The van der Waals surface area contributed by atoms with Crippen molar-refractivity contribution in [1.82, 2.24) is 20.9 Å². The lowest BCUT2D eigenvalue weighted by Crippen LogP contribution is -2.52. The van der Waals surface area contributed by atoms with Crippen molar-refractivity contribution in [1.29, 1.82) is 0 Å². The maximum atomic E-state index is 14.2. The van der Waals surface area contributed by atoms with Gasteiger partial charge >= 0.3 is 0 Å². The molecule has 1 aliphatic heterocycles. The Morgan fingerprint density at radius 2 is 1.71 bits per heavy atom. The standard InChI is InChI=1S/C32H32N6O4/c1-20(33-28(39)18-21-9-5-6-10-21)31(40)35-30-32(41)38(19-22-15-16-25-26(17-22)37-42-36-25)27-14-8-7-13-24(27)29(34-30)23-11-3-2-4-12-23/h2-4,7-8,11-17,20-21,30H,5-6,9-10,18-19H2,1H3,(H,33,39)(H,35,40)/t20-,30?/m0/s1. The Labute approximate surface area is 243 Å². The van der Waals surface area contributed by atoms with Crippen molar-refractivity contribution in [3.63, 3.8) is 0 Å². The number of nitrogens with one attached hydrogen (secondary N) is 2. The van der Waals surface area contributed by atoms with Crippen molar-refractivity contribution in [2.75, 3.05) is 4.90 Å². The molecule has 1 saturated carbocycles. The molecule has 0 radical (unpaired) electrons. The van der Waals surface area contributed by atoms with Crippen LogP contribution < -0.4 is 15.5 Å². The van der Waals surface area contributed by atoms with Gasteiger partial charge in [-0.3, -0.25) is 14.4 Å². The van der Waals surface area contributed by atoms with E-state index in [4.69, 9.17) is 9.62 Å². The molecule has 1 aliphatic carbocycles. The number of aliphatic imine (C=N–C) groups is 1. The van der Waals surface area contributed by atoms with Crippen molar-refractivity contribution in [2.24, 2.45) is 10.9 Å². The van der Waals surface area contributed by atoms with Crippen molar-refractivity contribution >= 4 is 40.2 Å². The van der Waals surface area contributed by atoms with Gasteiger partial charge in [0, 0.05) is 17.5 Å². The van der Waals surface area contributed by atoms with Crippen LogP contribution in [0, 0.1) is 5.92 Å². The third-order valence-electron chi connectivity index (χ3n) is 7.91. The Bertz CT molecular complexity index is 1640. The summed E-state index contributed by atoms with van der Waals surface area (Å²) in [4.78, 5) is 46.6. The van der Waals surface area contributed by atoms with E-state index in [-0.39, 0.29) is 12.5 Å². The average molecular weight is 565 g/mol. The molecule has 4 aromatic rings. The molecule has 214 valence electrons. The van der Waals surface area contributed by atoms with Gasteiger partial charge in [0.25, 0.3) is 5.91 Å². The number of hydrogen-bond acceptors (Lipinski definition) is 7. The van der Waals surface area contributed by atoms with Gasteiger partial charge in [0.2, 0.25) is 18.0 Å². The van der Waals surface area contributed by atoms with E-state index in [0.29, 0.717) is 34.8 Å². The fraction of sp³-hybridized carbons (Fsp3) is 0.312. The van der Waals surface area contributed by atoms with E-state index in [2.05, 4.69) is 20.9 Å². The minimum absolute atomic E-state index is 0.156. The highest BCUT2D eigenvalue weighted by atomic mass is 16.6. The van der Waals surface area contributed by atoms with Crippen LogP contribution in [0.1, 0.15) is 55.7 Å². The molecular weight excluding hydrogens is 532 g/mol. The largest absolute Gasteiger partial charge is 0.345 e. The van der Waals surface area contributed by atoms with Gasteiger partial charge in [-0.05, 0) is 59.8 Å². The lowest BCUT2D eigenvalue weighted by Gasteiger charge is -2.26. The van der Waals surface area contributed by atoms with E-state index in [1.165, 1.54) is 0 Å². The summed E-state index contributed by atoms with van der Waals surface area (Å²) in [5.41, 5.74) is 4.82. The summed E-state index contributed by atoms with van der Waals surface area (Å²) >= 11 is 0. The second-order valence-electron chi connectivity index (χ2n) is 10.9.